The van der Waals surface area contributed by atoms with Gasteiger partial charge in [-0.3, -0.25) is 4.90 Å². The number of likely N-dealkylation sites (tertiary alicyclic amines) is 1. The lowest BCUT2D eigenvalue weighted by atomic mass is 9.97. The number of hydrogen-bond acceptors (Lipinski definition) is 3. The van der Waals surface area contributed by atoms with Gasteiger partial charge in [0.15, 0.2) is 0 Å². The lowest BCUT2D eigenvalue weighted by molar-refractivity contribution is 0.0424. The van der Waals surface area contributed by atoms with Crippen LogP contribution in [0.2, 0.25) is 0 Å². The van der Waals surface area contributed by atoms with E-state index in [1.165, 1.54) is 5.56 Å². The third-order valence-electron chi connectivity index (χ3n) is 4.18. The molecule has 3 nitrogen and oxygen atoms in total. The normalized spacial score (nSPS) is 27.9. The van der Waals surface area contributed by atoms with Crippen LogP contribution in [0.1, 0.15) is 44.7 Å². The molecule has 3 atom stereocenters. The van der Waals surface area contributed by atoms with Crippen molar-refractivity contribution < 1.29 is 5.11 Å². The molecule has 0 amide bonds. The van der Waals surface area contributed by atoms with Gasteiger partial charge in [0.25, 0.3) is 0 Å². The molecule has 1 aliphatic rings. The Hall–Kier alpha value is -0.420. The van der Waals surface area contributed by atoms with Crippen LogP contribution in [0.15, 0.2) is 28.7 Å². The minimum atomic E-state index is -0.533. The minimum absolute atomic E-state index is 0.0624. The van der Waals surface area contributed by atoms with Gasteiger partial charge in [-0.05, 0) is 57.4 Å². The monoisotopic (exact) mass is 340 g/mol. The molecular weight excluding hydrogens is 316 g/mol. The van der Waals surface area contributed by atoms with Gasteiger partial charge in [-0.25, -0.2) is 0 Å². The average Bonchev–Trinajstić information content (AvgIpc) is 2.51. The molecular formula is C16H25BrN2O. The SMILES string of the molecule is CC(N)C(c1cccc(Br)c1)N1CCCC(C)(O)CC1. The fourth-order valence-electron chi connectivity index (χ4n) is 3.10. The van der Waals surface area contributed by atoms with Crippen LogP contribution in [0.5, 0.6) is 0 Å². The van der Waals surface area contributed by atoms with E-state index < -0.39 is 5.60 Å². The molecule has 3 unspecified atom stereocenters. The first kappa shape index (κ1) is 16.0. The Balaban J connectivity index is 2.21. The predicted molar refractivity (Wildman–Crippen MR) is 86.6 cm³/mol. The van der Waals surface area contributed by atoms with Gasteiger partial charge in [0.05, 0.1) is 5.60 Å². The van der Waals surface area contributed by atoms with E-state index in [1.807, 2.05) is 13.0 Å². The van der Waals surface area contributed by atoms with Crippen LogP contribution >= 0.6 is 15.9 Å². The molecule has 1 aromatic carbocycles. The van der Waals surface area contributed by atoms with Crippen LogP contribution < -0.4 is 5.73 Å². The fraction of sp³-hybridized carbons (Fsp3) is 0.625. The number of halogens is 1. The van der Waals surface area contributed by atoms with Crippen molar-refractivity contribution in [3.63, 3.8) is 0 Å². The molecule has 1 heterocycles. The maximum Gasteiger partial charge on any atom is 0.0632 e. The van der Waals surface area contributed by atoms with Gasteiger partial charge in [0.2, 0.25) is 0 Å². The van der Waals surface area contributed by atoms with Crippen LogP contribution in [0.4, 0.5) is 0 Å². The van der Waals surface area contributed by atoms with Crippen molar-refractivity contribution in [3.05, 3.63) is 34.3 Å². The number of benzene rings is 1. The summed E-state index contributed by atoms with van der Waals surface area (Å²) in [6.45, 7) is 5.89. The van der Waals surface area contributed by atoms with Gasteiger partial charge < -0.3 is 10.8 Å². The fourth-order valence-corrected chi connectivity index (χ4v) is 3.52. The summed E-state index contributed by atoms with van der Waals surface area (Å²) in [5.74, 6) is 0. The first-order valence-electron chi connectivity index (χ1n) is 7.36. The average molecular weight is 341 g/mol. The zero-order chi connectivity index (χ0) is 14.8. The molecule has 112 valence electrons. The molecule has 1 aliphatic heterocycles. The summed E-state index contributed by atoms with van der Waals surface area (Å²) < 4.78 is 1.09. The second-order valence-corrected chi connectivity index (χ2v) is 7.16. The van der Waals surface area contributed by atoms with Crippen molar-refractivity contribution in [2.45, 2.75) is 50.8 Å². The molecule has 3 N–H and O–H groups in total. The van der Waals surface area contributed by atoms with Crippen molar-refractivity contribution in [2.75, 3.05) is 13.1 Å². The van der Waals surface area contributed by atoms with Crippen LogP contribution in [0, 0.1) is 0 Å². The maximum absolute atomic E-state index is 10.2. The second kappa shape index (κ2) is 6.56. The summed E-state index contributed by atoms with van der Waals surface area (Å²) in [5.41, 5.74) is 6.96. The van der Waals surface area contributed by atoms with E-state index in [-0.39, 0.29) is 12.1 Å². The molecule has 0 bridgehead atoms. The molecule has 0 saturated carbocycles. The first-order chi connectivity index (χ1) is 9.39. The third-order valence-corrected chi connectivity index (χ3v) is 4.67. The highest BCUT2D eigenvalue weighted by atomic mass is 79.9. The van der Waals surface area contributed by atoms with E-state index in [1.54, 1.807) is 0 Å². The number of aliphatic hydroxyl groups is 1. The second-order valence-electron chi connectivity index (χ2n) is 6.25. The smallest absolute Gasteiger partial charge is 0.0632 e. The lowest BCUT2D eigenvalue weighted by Crippen LogP contribution is -2.40. The summed E-state index contributed by atoms with van der Waals surface area (Å²) in [6.07, 6.45) is 2.70. The molecule has 1 fully saturated rings. The highest BCUT2D eigenvalue weighted by Crippen LogP contribution is 2.30. The molecule has 1 aromatic rings. The molecule has 0 radical (unpaired) electrons. The Bertz CT molecular complexity index is 448. The summed E-state index contributed by atoms with van der Waals surface area (Å²) >= 11 is 3.54. The lowest BCUT2D eigenvalue weighted by Gasteiger charge is -2.34. The van der Waals surface area contributed by atoms with E-state index in [0.717, 1.165) is 36.8 Å². The summed E-state index contributed by atoms with van der Waals surface area (Å²) in [4.78, 5) is 2.42. The first-order valence-corrected chi connectivity index (χ1v) is 8.16. The van der Waals surface area contributed by atoms with Crippen molar-refractivity contribution in [2.24, 2.45) is 5.73 Å². The van der Waals surface area contributed by atoms with E-state index in [2.05, 4.69) is 46.0 Å². The van der Waals surface area contributed by atoms with Gasteiger partial charge in [-0.2, -0.15) is 0 Å². The van der Waals surface area contributed by atoms with Crippen LogP contribution in [0.3, 0.4) is 0 Å². The Labute approximate surface area is 130 Å². The zero-order valence-corrected chi connectivity index (χ0v) is 13.9. The van der Waals surface area contributed by atoms with Crippen molar-refractivity contribution in [3.8, 4) is 0 Å². The predicted octanol–water partition coefficient (Wildman–Crippen LogP) is 3.07. The molecule has 0 aromatic heterocycles. The molecule has 4 heteroatoms. The van der Waals surface area contributed by atoms with Gasteiger partial charge in [0, 0.05) is 23.1 Å². The quantitative estimate of drug-likeness (QED) is 0.888. The topological polar surface area (TPSA) is 49.5 Å². The largest absolute Gasteiger partial charge is 0.390 e. The van der Waals surface area contributed by atoms with Gasteiger partial charge in [0.1, 0.15) is 0 Å². The number of hydrogen-bond donors (Lipinski definition) is 2. The van der Waals surface area contributed by atoms with Gasteiger partial charge in [-0.15, -0.1) is 0 Å². The minimum Gasteiger partial charge on any atom is -0.390 e. The summed E-state index contributed by atoms with van der Waals surface area (Å²) in [6, 6.07) is 8.66. The Morgan fingerprint density at radius 1 is 1.35 bits per heavy atom. The maximum atomic E-state index is 10.2. The van der Waals surface area contributed by atoms with Crippen molar-refractivity contribution >= 4 is 15.9 Å². The zero-order valence-electron chi connectivity index (χ0n) is 12.3. The Morgan fingerprint density at radius 3 is 2.75 bits per heavy atom. The van der Waals surface area contributed by atoms with Gasteiger partial charge in [-0.1, -0.05) is 28.1 Å². The summed E-state index contributed by atoms with van der Waals surface area (Å²) in [5, 5.41) is 10.2. The highest BCUT2D eigenvalue weighted by Gasteiger charge is 2.30. The molecule has 2 rings (SSSR count). The third kappa shape index (κ3) is 4.04. The Morgan fingerprint density at radius 2 is 2.10 bits per heavy atom. The highest BCUT2D eigenvalue weighted by molar-refractivity contribution is 9.10. The van der Waals surface area contributed by atoms with E-state index in [9.17, 15) is 5.11 Å². The molecule has 20 heavy (non-hydrogen) atoms. The Kier molecular flexibility index (Phi) is 5.24. The van der Waals surface area contributed by atoms with Crippen LogP contribution in [-0.2, 0) is 0 Å². The van der Waals surface area contributed by atoms with Crippen LogP contribution in [-0.4, -0.2) is 34.7 Å². The number of nitrogens with zero attached hydrogens (tertiary/aromatic N) is 1. The molecule has 0 aliphatic carbocycles. The molecule has 1 saturated heterocycles. The van der Waals surface area contributed by atoms with E-state index >= 15 is 0 Å². The van der Waals surface area contributed by atoms with E-state index in [4.69, 9.17) is 5.73 Å². The summed E-state index contributed by atoms with van der Waals surface area (Å²) in [7, 11) is 0. The molecule has 0 spiro atoms. The van der Waals surface area contributed by atoms with Crippen molar-refractivity contribution in [1.82, 2.24) is 4.90 Å². The van der Waals surface area contributed by atoms with Crippen molar-refractivity contribution in [1.29, 1.82) is 0 Å². The number of nitrogens with two attached hydrogens (primary N) is 1. The standard InChI is InChI=1S/C16H25BrN2O/c1-12(18)15(13-5-3-6-14(17)11-13)19-9-4-7-16(2,20)8-10-19/h3,5-6,11-12,15,20H,4,7-10,18H2,1-2H3. The van der Waals surface area contributed by atoms with Crippen LogP contribution in [0.25, 0.3) is 0 Å². The van der Waals surface area contributed by atoms with E-state index in [0.29, 0.717) is 0 Å². The number of rotatable bonds is 3. The van der Waals surface area contributed by atoms with Gasteiger partial charge >= 0.3 is 0 Å².